The van der Waals surface area contributed by atoms with Crippen molar-refractivity contribution in [1.82, 2.24) is 4.90 Å². The van der Waals surface area contributed by atoms with Crippen LogP contribution in [0.15, 0.2) is 48.8 Å². The minimum Gasteiger partial charge on any atom is -0.497 e. The number of anilines is 1. The van der Waals surface area contributed by atoms with Crippen molar-refractivity contribution in [2.75, 3.05) is 45.3 Å². The standard InChI is InChI=1S/C20H23N3O3/c1-25-18-5-3-16(19(15-18)26-2)4-6-20(24)23-13-11-22(12-14-23)17-7-9-21-10-8-17/h3-10,15H,11-14H2,1-2H3/p+1/b6-4+. The number of ether oxygens (including phenoxy) is 2. The minimum absolute atomic E-state index is 0.0175. The Morgan fingerprint density at radius 2 is 1.77 bits per heavy atom. The van der Waals surface area contributed by atoms with E-state index in [9.17, 15) is 4.79 Å². The van der Waals surface area contributed by atoms with Gasteiger partial charge in [-0.25, -0.2) is 4.98 Å². The predicted octanol–water partition coefficient (Wildman–Crippen LogP) is 1.88. The highest BCUT2D eigenvalue weighted by Crippen LogP contribution is 2.25. The molecule has 0 radical (unpaired) electrons. The van der Waals surface area contributed by atoms with Crippen molar-refractivity contribution < 1.29 is 19.3 Å². The van der Waals surface area contributed by atoms with Crippen LogP contribution in [0.3, 0.4) is 0 Å². The Kier molecular flexibility index (Phi) is 5.73. The first-order valence-electron chi connectivity index (χ1n) is 8.61. The van der Waals surface area contributed by atoms with Crippen LogP contribution in [0.2, 0.25) is 0 Å². The first-order valence-corrected chi connectivity index (χ1v) is 8.61. The van der Waals surface area contributed by atoms with Gasteiger partial charge in [-0.1, -0.05) is 0 Å². The van der Waals surface area contributed by atoms with Gasteiger partial charge in [0.05, 0.1) is 14.2 Å². The van der Waals surface area contributed by atoms with Crippen LogP contribution in [0.25, 0.3) is 6.08 Å². The molecule has 1 amide bonds. The molecule has 6 nitrogen and oxygen atoms in total. The molecule has 0 atom stereocenters. The predicted molar refractivity (Wildman–Crippen MR) is 100 cm³/mol. The van der Waals surface area contributed by atoms with E-state index < -0.39 is 0 Å². The number of nitrogens with zero attached hydrogens (tertiary/aromatic N) is 2. The third kappa shape index (κ3) is 4.14. The number of hydrogen-bond acceptors (Lipinski definition) is 4. The van der Waals surface area contributed by atoms with Gasteiger partial charge in [-0.15, -0.1) is 0 Å². The summed E-state index contributed by atoms with van der Waals surface area (Å²) in [4.78, 5) is 19.7. The number of carbonyl (C=O) groups excluding carboxylic acids is 1. The fourth-order valence-electron chi connectivity index (χ4n) is 3.00. The molecule has 6 heteroatoms. The fraction of sp³-hybridized carbons (Fsp3) is 0.300. The number of H-pyrrole nitrogens is 1. The van der Waals surface area contributed by atoms with E-state index >= 15 is 0 Å². The number of methoxy groups -OCH3 is 2. The number of hydrogen-bond donors (Lipinski definition) is 0. The number of benzene rings is 1. The zero-order valence-corrected chi connectivity index (χ0v) is 15.1. The molecule has 26 heavy (non-hydrogen) atoms. The smallest absolute Gasteiger partial charge is 0.246 e. The number of carbonyl (C=O) groups is 1. The molecule has 0 unspecified atom stereocenters. The first-order chi connectivity index (χ1) is 12.7. The van der Waals surface area contributed by atoms with E-state index in [2.05, 4.69) is 9.88 Å². The van der Waals surface area contributed by atoms with Crippen molar-refractivity contribution in [3.63, 3.8) is 0 Å². The van der Waals surface area contributed by atoms with E-state index in [0.717, 1.165) is 24.4 Å². The van der Waals surface area contributed by atoms with E-state index in [1.54, 1.807) is 32.4 Å². The molecule has 1 aliphatic heterocycles. The SMILES string of the molecule is COc1ccc(/C=C/C(=O)N2CCN(c3cc[nH+]cc3)CC2)c(OC)c1. The van der Waals surface area contributed by atoms with Crippen molar-refractivity contribution in [3.05, 3.63) is 54.4 Å². The van der Waals surface area contributed by atoms with Gasteiger partial charge in [0, 0.05) is 61.7 Å². The monoisotopic (exact) mass is 354 g/mol. The second-order valence-corrected chi connectivity index (χ2v) is 6.01. The van der Waals surface area contributed by atoms with Gasteiger partial charge in [-0.05, 0) is 18.2 Å². The zero-order chi connectivity index (χ0) is 18.4. The lowest BCUT2D eigenvalue weighted by Gasteiger charge is -2.35. The van der Waals surface area contributed by atoms with Crippen LogP contribution in [-0.4, -0.2) is 51.2 Å². The molecule has 0 saturated carbocycles. The lowest BCUT2D eigenvalue weighted by molar-refractivity contribution is -0.377. The molecule has 136 valence electrons. The van der Waals surface area contributed by atoms with Gasteiger partial charge in [-0.3, -0.25) is 4.79 Å². The van der Waals surface area contributed by atoms with Crippen molar-refractivity contribution in [3.8, 4) is 11.5 Å². The highest BCUT2D eigenvalue weighted by Gasteiger charge is 2.20. The summed E-state index contributed by atoms with van der Waals surface area (Å²) in [5, 5.41) is 0. The Bertz CT molecular complexity index is 769. The highest BCUT2D eigenvalue weighted by molar-refractivity contribution is 5.92. The van der Waals surface area contributed by atoms with E-state index in [1.165, 1.54) is 5.69 Å². The summed E-state index contributed by atoms with van der Waals surface area (Å²) in [5.74, 6) is 1.42. The molecule has 0 spiro atoms. The van der Waals surface area contributed by atoms with E-state index in [1.807, 2.05) is 41.6 Å². The number of pyridine rings is 1. The molecule has 1 N–H and O–H groups in total. The van der Waals surface area contributed by atoms with Gasteiger partial charge >= 0.3 is 0 Å². The molecular weight excluding hydrogens is 330 g/mol. The maximum Gasteiger partial charge on any atom is 0.246 e. The second-order valence-electron chi connectivity index (χ2n) is 6.01. The van der Waals surface area contributed by atoms with Crippen LogP contribution in [0.5, 0.6) is 11.5 Å². The van der Waals surface area contributed by atoms with Crippen LogP contribution in [0.4, 0.5) is 5.69 Å². The number of piperazine rings is 1. The Hall–Kier alpha value is -3.02. The lowest BCUT2D eigenvalue weighted by Crippen LogP contribution is -2.48. The first kappa shape index (κ1) is 17.8. The Morgan fingerprint density at radius 3 is 2.42 bits per heavy atom. The van der Waals surface area contributed by atoms with Crippen molar-refractivity contribution in [2.45, 2.75) is 0 Å². The minimum atomic E-state index is 0.0175. The Balaban J connectivity index is 1.60. The summed E-state index contributed by atoms with van der Waals surface area (Å²) >= 11 is 0. The average Bonchev–Trinajstić information content (AvgIpc) is 2.72. The number of rotatable bonds is 5. The number of aromatic nitrogens is 1. The topological polar surface area (TPSA) is 56.2 Å². The molecule has 0 aliphatic carbocycles. The van der Waals surface area contributed by atoms with Crippen LogP contribution in [0, 0.1) is 0 Å². The lowest BCUT2D eigenvalue weighted by atomic mass is 10.1. The van der Waals surface area contributed by atoms with Gasteiger partial charge < -0.3 is 19.3 Å². The summed E-state index contributed by atoms with van der Waals surface area (Å²) in [6.07, 6.45) is 7.23. The van der Waals surface area contributed by atoms with Crippen molar-refractivity contribution >= 4 is 17.7 Å². The van der Waals surface area contributed by atoms with E-state index in [0.29, 0.717) is 18.8 Å². The van der Waals surface area contributed by atoms with E-state index in [-0.39, 0.29) is 5.91 Å². The normalized spacial score (nSPS) is 14.5. The summed E-state index contributed by atoms with van der Waals surface area (Å²) in [5.41, 5.74) is 2.02. The van der Waals surface area contributed by atoms with Crippen LogP contribution in [0.1, 0.15) is 5.56 Å². The van der Waals surface area contributed by atoms with Gasteiger partial charge in [-0.2, -0.15) is 0 Å². The second kappa shape index (κ2) is 8.38. The Labute approximate surface area is 153 Å². The van der Waals surface area contributed by atoms with Crippen LogP contribution in [-0.2, 0) is 4.79 Å². The summed E-state index contributed by atoms with van der Waals surface area (Å²) < 4.78 is 10.6. The molecular formula is C20H24N3O3+. The molecule has 1 saturated heterocycles. The zero-order valence-electron chi connectivity index (χ0n) is 15.1. The third-order valence-electron chi connectivity index (χ3n) is 4.50. The summed E-state index contributed by atoms with van der Waals surface area (Å²) in [6.45, 7) is 3.08. The number of aromatic amines is 1. The van der Waals surface area contributed by atoms with Crippen LogP contribution >= 0.6 is 0 Å². The summed E-state index contributed by atoms with van der Waals surface area (Å²) in [6, 6.07) is 9.63. The molecule has 1 aliphatic rings. The maximum atomic E-state index is 12.5. The van der Waals surface area contributed by atoms with Gasteiger partial charge in [0.1, 0.15) is 11.5 Å². The molecule has 1 aromatic carbocycles. The van der Waals surface area contributed by atoms with Gasteiger partial charge in [0.2, 0.25) is 5.91 Å². The maximum absolute atomic E-state index is 12.5. The largest absolute Gasteiger partial charge is 0.497 e. The van der Waals surface area contributed by atoms with Crippen LogP contribution < -0.4 is 19.4 Å². The fourth-order valence-corrected chi connectivity index (χ4v) is 3.00. The average molecular weight is 354 g/mol. The van der Waals surface area contributed by atoms with Gasteiger partial charge in [0.15, 0.2) is 12.4 Å². The molecule has 2 heterocycles. The number of nitrogens with one attached hydrogen (secondary N) is 1. The molecule has 1 fully saturated rings. The Morgan fingerprint density at radius 1 is 1.04 bits per heavy atom. The quantitative estimate of drug-likeness (QED) is 0.770. The summed E-state index contributed by atoms with van der Waals surface area (Å²) in [7, 11) is 3.22. The van der Waals surface area contributed by atoms with Crippen molar-refractivity contribution in [1.29, 1.82) is 0 Å². The molecule has 1 aromatic heterocycles. The highest BCUT2D eigenvalue weighted by atomic mass is 16.5. The molecule has 2 aromatic rings. The number of amides is 1. The third-order valence-corrected chi connectivity index (χ3v) is 4.50. The molecule has 3 rings (SSSR count). The molecule has 0 bridgehead atoms. The van der Waals surface area contributed by atoms with Gasteiger partial charge in [0.25, 0.3) is 0 Å². The van der Waals surface area contributed by atoms with E-state index in [4.69, 9.17) is 9.47 Å². The van der Waals surface area contributed by atoms with Crippen molar-refractivity contribution in [2.24, 2.45) is 0 Å².